The molecule has 28 heavy (non-hydrogen) atoms. The van der Waals surface area contributed by atoms with Gasteiger partial charge < -0.3 is 14.8 Å². The largest absolute Gasteiger partial charge is 0.497 e. The van der Waals surface area contributed by atoms with Crippen molar-refractivity contribution in [2.75, 3.05) is 19.1 Å². The van der Waals surface area contributed by atoms with Crippen LogP contribution in [0.4, 0.5) is 23.7 Å². The van der Waals surface area contributed by atoms with E-state index in [0.29, 0.717) is 17.1 Å². The van der Waals surface area contributed by atoms with Crippen LogP contribution < -0.4 is 19.7 Å². The van der Waals surface area contributed by atoms with Crippen molar-refractivity contribution in [2.45, 2.75) is 19.1 Å². The first-order chi connectivity index (χ1) is 13.2. The standard InChI is InChI=1S/C19H17F3N2O4/c1-10-13(19(20,21)22)5-4-6-14(10)24-17(25)16(23-18(24)26)12-8-7-11(27-2)9-15(12)28-3/h4-9,16H,1-3H3,(H,23,26)/t16-/m1/s1. The molecule has 2 aromatic rings. The number of benzene rings is 2. The molecular weight excluding hydrogens is 377 g/mol. The Morgan fingerprint density at radius 1 is 1.07 bits per heavy atom. The molecule has 148 valence electrons. The van der Waals surface area contributed by atoms with Gasteiger partial charge >= 0.3 is 12.2 Å². The lowest BCUT2D eigenvalue weighted by atomic mass is 10.0. The SMILES string of the molecule is COc1ccc([C@H]2NC(=O)N(c3cccc(C(F)(F)F)c3C)C2=O)c(OC)c1. The zero-order valence-electron chi connectivity index (χ0n) is 15.3. The van der Waals surface area contributed by atoms with Crippen LogP contribution in [0.1, 0.15) is 22.7 Å². The number of imide groups is 1. The Morgan fingerprint density at radius 3 is 2.39 bits per heavy atom. The highest BCUT2D eigenvalue weighted by molar-refractivity contribution is 6.22. The van der Waals surface area contributed by atoms with E-state index in [9.17, 15) is 22.8 Å². The van der Waals surface area contributed by atoms with E-state index in [-0.39, 0.29) is 11.3 Å². The number of amides is 3. The molecule has 0 aromatic heterocycles. The maximum Gasteiger partial charge on any atom is 0.416 e. The highest BCUT2D eigenvalue weighted by atomic mass is 19.4. The quantitative estimate of drug-likeness (QED) is 0.801. The second-order valence-corrected chi connectivity index (χ2v) is 6.11. The highest BCUT2D eigenvalue weighted by Crippen LogP contribution is 2.39. The first-order valence-electron chi connectivity index (χ1n) is 8.22. The molecule has 1 atom stereocenters. The van der Waals surface area contributed by atoms with Gasteiger partial charge in [0.15, 0.2) is 0 Å². The van der Waals surface area contributed by atoms with Crippen molar-refractivity contribution < 1.29 is 32.2 Å². The van der Waals surface area contributed by atoms with Gasteiger partial charge in [-0.1, -0.05) is 6.07 Å². The van der Waals surface area contributed by atoms with Crippen molar-refractivity contribution in [3.8, 4) is 11.5 Å². The second kappa shape index (κ2) is 7.06. The van der Waals surface area contributed by atoms with Crippen LogP contribution in [0.3, 0.4) is 0 Å². The maximum atomic E-state index is 13.2. The number of urea groups is 1. The molecule has 1 saturated heterocycles. The minimum Gasteiger partial charge on any atom is -0.497 e. The van der Waals surface area contributed by atoms with E-state index < -0.39 is 29.7 Å². The molecule has 1 N–H and O–H groups in total. The van der Waals surface area contributed by atoms with Crippen LogP contribution in [0.25, 0.3) is 0 Å². The monoisotopic (exact) mass is 394 g/mol. The van der Waals surface area contributed by atoms with E-state index in [1.807, 2.05) is 0 Å². The van der Waals surface area contributed by atoms with Crippen molar-refractivity contribution >= 4 is 17.6 Å². The molecule has 0 bridgehead atoms. The van der Waals surface area contributed by atoms with Gasteiger partial charge in [0.05, 0.1) is 25.5 Å². The number of nitrogens with one attached hydrogen (secondary N) is 1. The summed E-state index contributed by atoms with van der Waals surface area (Å²) in [6, 6.07) is 6.16. The van der Waals surface area contributed by atoms with Crippen molar-refractivity contribution in [2.24, 2.45) is 0 Å². The van der Waals surface area contributed by atoms with Crippen LogP contribution in [-0.4, -0.2) is 26.2 Å². The Hall–Kier alpha value is -3.23. The van der Waals surface area contributed by atoms with Crippen LogP contribution in [-0.2, 0) is 11.0 Å². The zero-order valence-corrected chi connectivity index (χ0v) is 15.3. The summed E-state index contributed by atoms with van der Waals surface area (Å²) in [6.07, 6.45) is -4.60. The minimum atomic E-state index is -4.60. The van der Waals surface area contributed by atoms with Gasteiger partial charge in [0.2, 0.25) is 0 Å². The third-order valence-corrected chi connectivity index (χ3v) is 4.54. The molecule has 0 unspecified atom stereocenters. The summed E-state index contributed by atoms with van der Waals surface area (Å²) in [6.45, 7) is 1.22. The van der Waals surface area contributed by atoms with Crippen molar-refractivity contribution in [3.63, 3.8) is 0 Å². The van der Waals surface area contributed by atoms with E-state index >= 15 is 0 Å². The fraction of sp³-hybridized carbons (Fsp3) is 0.263. The Bertz CT molecular complexity index is 943. The highest BCUT2D eigenvalue weighted by Gasteiger charge is 2.43. The summed E-state index contributed by atoms with van der Waals surface area (Å²) in [5.41, 5.74) is -0.863. The van der Waals surface area contributed by atoms with E-state index in [4.69, 9.17) is 9.47 Å². The second-order valence-electron chi connectivity index (χ2n) is 6.11. The van der Waals surface area contributed by atoms with E-state index in [0.717, 1.165) is 17.0 Å². The number of hydrogen-bond acceptors (Lipinski definition) is 4. The lowest BCUT2D eigenvalue weighted by Gasteiger charge is -2.19. The topological polar surface area (TPSA) is 67.9 Å². The van der Waals surface area contributed by atoms with E-state index in [1.165, 1.54) is 27.2 Å². The number of hydrogen-bond donors (Lipinski definition) is 1. The Balaban J connectivity index is 2.03. The average Bonchev–Trinajstić information content (AvgIpc) is 2.94. The maximum absolute atomic E-state index is 13.2. The minimum absolute atomic E-state index is 0.118. The summed E-state index contributed by atoms with van der Waals surface area (Å²) in [5.74, 6) is 0.0967. The molecule has 0 radical (unpaired) electrons. The number of halogens is 3. The molecule has 1 heterocycles. The number of rotatable bonds is 4. The van der Waals surface area contributed by atoms with Gasteiger partial charge in [0, 0.05) is 11.6 Å². The smallest absolute Gasteiger partial charge is 0.416 e. The van der Waals surface area contributed by atoms with Gasteiger partial charge in [0.25, 0.3) is 5.91 Å². The number of nitrogens with zero attached hydrogens (tertiary/aromatic N) is 1. The Morgan fingerprint density at radius 2 is 1.79 bits per heavy atom. The molecule has 9 heteroatoms. The van der Waals surface area contributed by atoms with Crippen LogP contribution in [0.2, 0.25) is 0 Å². The Kier molecular flexibility index (Phi) is 4.93. The fourth-order valence-corrected chi connectivity index (χ4v) is 3.15. The van der Waals surface area contributed by atoms with Crippen LogP contribution in [0.5, 0.6) is 11.5 Å². The number of carbonyl (C=O) groups excluding carboxylic acids is 2. The molecule has 1 aliphatic rings. The third kappa shape index (κ3) is 3.23. The summed E-state index contributed by atoms with van der Waals surface area (Å²) < 4.78 is 49.9. The molecule has 3 rings (SSSR count). The van der Waals surface area contributed by atoms with Crippen LogP contribution in [0, 0.1) is 6.92 Å². The molecule has 0 saturated carbocycles. The van der Waals surface area contributed by atoms with Gasteiger partial charge in [-0.25, -0.2) is 9.69 Å². The number of alkyl halides is 3. The summed E-state index contributed by atoms with van der Waals surface area (Å²) in [4.78, 5) is 26.1. The van der Waals surface area contributed by atoms with E-state index in [1.54, 1.807) is 18.2 Å². The molecule has 0 spiro atoms. The predicted molar refractivity (Wildman–Crippen MR) is 94.5 cm³/mol. The molecule has 1 fully saturated rings. The van der Waals surface area contributed by atoms with Crippen molar-refractivity contribution in [1.29, 1.82) is 0 Å². The van der Waals surface area contributed by atoms with Crippen molar-refractivity contribution in [1.82, 2.24) is 5.32 Å². The molecule has 2 aromatic carbocycles. The van der Waals surface area contributed by atoms with Gasteiger partial charge in [-0.2, -0.15) is 13.2 Å². The summed E-state index contributed by atoms with van der Waals surface area (Å²) >= 11 is 0. The lowest BCUT2D eigenvalue weighted by molar-refractivity contribution is -0.138. The molecule has 3 amide bonds. The number of carbonyl (C=O) groups is 2. The molecular formula is C19H17F3N2O4. The third-order valence-electron chi connectivity index (χ3n) is 4.54. The summed E-state index contributed by atoms with van der Waals surface area (Å²) in [7, 11) is 2.86. The number of methoxy groups -OCH3 is 2. The zero-order chi connectivity index (χ0) is 20.6. The molecule has 0 aliphatic carbocycles. The van der Waals surface area contributed by atoms with Gasteiger partial charge in [-0.3, -0.25) is 4.79 Å². The van der Waals surface area contributed by atoms with Gasteiger partial charge in [-0.05, 0) is 36.8 Å². The first-order valence-corrected chi connectivity index (χ1v) is 8.22. The van der Waals surface area contributed by atoms with Crippen LogP contribution >= 0.6 is 0 Å². The number of anilines is 1. The Labute approximate surface area is 158 Å². The molecule has 6 nitrogen and oxygen atoms in total. The average molecular weight is 394 g/mol. The van der Waals surface area contributed by atoms with Crippen LogP contribution in [0.15, 0.2) is 36.4 Å². The summed E-state index contributed by atoms with van der Waals surface area (Å²) in [5, 5.41) is 2.50. The predicted octanol–water partition coefficient (Wildman–Crippen LogP) is 3.83. The number of ether oxygens (including phenoxy) is 2. The normalized spacial score (nSPS) is 16.9. The van der Waals surface area contributed by atoms with Gasteiger partial charge in [0.1, 0.15) is 17.5 Å². The van der Waals surface area contributed by atoms with E-state index in [2.05, 4.69) is 5.32 Å². The van der Waals surface area contributed by atoms with Crippen molar-refractivity contribution in [3.05, 3.63) is 53.1 Å². The fourth-order valence-electron chi connectivity index (χ4n) is 3.15. The lowest BCUT2D eigenvalue weighted by Crippen LogP contribution is -2.31. The van der Waals surface area contributed by atoms with Gasteiger partial charge in [-0.15, -0.1) is 0 Å². The first kappa shape index (κ1) is 19.5. The molecule has 1 aliphatic heterocycles.